The van der Waals surface area contributed by atoms with Crippen LogP contribution in [0.1, 0.15) is 47.0 Å². The van der Waals surface area contributed by atoms with Crippen molar-refractivity contribution in [2.45, 2.75) is 53.1 Å². The SMILES string of the molecule is CC(C)C(COC1CCC(C)C(C)C1)CS(=O)(=O)Cl. The van der Waals surface area contributed by atoms with Crippen LogP contribution in [0.5, 0.6) is 0 Å². The highest BCUT2D eigenvalue weighted by Gasteiger charge is 2.27. The van der Waals surface area contributed by atoms with Gasteiger partial charge < -0.3 is 4.74 Å². The third-order valence-corrected chi connectivity index (χ3v) is 5.66. The van der Waals surface area contributed by atoms with Gasteiger partial charge in [-0.15, -0.1) is 0 Å². The first-order chi connectivity index (χ1) is 8.69. The van der Waals surface area contributed by atoms with Crippen molar-refractivity contribution in [3.05, 3.63) is 0 Å². The van der Waals surface area contributed by atoms with E-state index in [0.717, 1.165) is 18.8 Å². The standard InChI is InChI=1S/C14H27ClO3S/c1-10(2)13(9-19(15,16)17)8-18-14-6-5-11(3)12(4)7-14/h10-14H,5-9H2,1-4H3. The van der Waals surface area contributed by atoms with Crippen molar-refractivity contribution in [2.75, 3.05) is 12.4 Å². The fourth-order valence-electron chi connectivity index (χ4n) is 2.60. The molecule has 0 heterocycles. The van der Waals surface area contributed by atoms with Crippen LogP contribution in [-0.4, -0.2) is 26.9 Å². The lowest BCUT2D eigenvalue weighted by Gasteiger charge is -2.33. The van der Waals surface area contributed by atoms with Gasteiger partial charge in [-0.05, 0) is 42.9 Å². The zero-order valence-electron chi connectivity index (χ0n) is 12.4. The average Bonchev–Trinajstić information content (AvgIpc) is 2.27. The molecule has 4 atom stereocenters. The van der Waals surface area contributed by atoms with Gasteiger partial charge in [-0.2, -0.15) is 0 Å². The summed E-state index contributed by atoms with van der Waals surface area (Å²) in [6.45, 7) is 9.08. The van der Waals surface area contributed by atoms with Gasteiger partial charge in [0.15, 0.2) is 0 Å². The van der Waals surface area contributed by atoms with Gasteiger partial charge in [0.05, 0.1) is 18.5 Å². The lowest BCUT2D eigenvalue weighted by Crippen LogP contribution is -2.31. The fourth-order valence-corrected chi connectivity index (χ4v) is 4.08. The van der Waals surface area contributed by atoms with Gasteiger partial charge in [0.1, 0.15) is 0 Å². The Bertz CT molecular complexity index is 367. The third kappa shape index (κ3) is 6.46. The lowest BCUT2D eigenvalue weighted by molar-refractivity contribution is -0.0171. The van der Waals surface area contributed by atoms with Gasteiger partial charge in [-0.3, -0.25) is 0 Å². The van der Waals surface area contributed by atoms with Crippen molar-refractivity contribution in [3.8, 4) is 0 Å². The molecule has 0 saturated heterocycles. The molecule has 3 nitrogen and oxygen atoms in total. The maximum Gasteiger partial charge on any atom is 0.232 e. The van der Waals surface area contributed by atoms with E-state index in [9.17, 15) is 8.42 Å². The predicted molar refractivity (Wildman–Crippen MR) is 79.9 cm³/mol. The Morgan fingerprint density at radius 1 is 1.21 bits per heavy atom. The smallest absolute Gasteiger partial charge is 0.232 e. The molecule has 0 aromatic carbocycles. The summed E-state index contributed by atoms with van der Waals surface area (Å²) in [6, 6.07) is 0. The molecule has 1 aliphatic carbocycles. The van der Waals surface area contributed by atoms with Crippen LogP contribution in [0.25, 0.3) is 0 Å². The van der Waals surface area contributed by atoms with Crippen molar-refractivity contribution in [2.24, 2.45) is 23.7 Å². The van der Waals surface area contributed by atoms with Crippen LogP contribution in [0.4, 0.5) is 0 Å². The molecular weight excluding hydrogens is 284 g/mol. The fraction of sp³-hybridized carbons (Fsp3) is 1.00. The normalized spacial score (nSPS) is 30.5. The first kappa shape index (κ1) is 17.3. The Kier molecular flexibility index (Phi) is 6.61. The molecule has 1 fully saturated rings. The van der Waals surface area contributed by atoms with E-state index < -0.39 is 9.05 Å². The Hall–Kier alpha value is 0.200. The summed E-state index contributed by atoms with van der Waals surface area (Å²) in [5, 5.41) is 0. The Balaban J connectivity index is 2.44. The van der Waals surface area contributed by atoms with Crippen LogP contribution >= 0.6 is 10.7 Å². The first-order valence-corrected chi connectivity index (χ1v) is 9.70. The summed E-state index contributed by atoms with van der Waals surface area (Å²) in [4.78, 5) is 0. The van der Waals surface area contributed by atoms with E-state index in [1.807, 2.05) is 13.8 Å². The molecule has 0 amide bonds. The molecule has 4 unspecified atom stereocenters. The highest BCUT2D eigenvalue weighted by molar-refractivity contribution is 8.13. The maximum atomic E-state index is 11.2. The molecule has 0 N–H and O–H groups in total. The van der Waals surface area contributed by atoms with Gasteiger partial charge in [0.2, 0.25) is 9.05 Å². The molecule has 1 rings (SSSR count). The van der Waals surface area contributed by atoms with E-state index >= 15 is 0 Å². The summed E-state index contributed by atoms with van der Waals surface area (Å²) < 4.78 is 28.4. The molecule has 1 aliphatic rings. The summed E-state index contributed by atoms with van der Waals surface area (Å²) in [5.41, 5.74) is 0. The Morgan fingerprint density at radius 3 is 2.32 bits per heavy atom. The number of rotatable bonds is 6. The van der Waals surface area contributed by atoms with Crippen LogP contribution in [-0.2, 0) is 13.8 Å². The largest absolute Gasteiger partial charge is 0.378 e. The van der Waals surface area contributed by atoms with E-state index in [1.165, 1.54) is 6.42 Å². The van der Waals surface area contributed by atoms with Crippen molar-refractivity contribution in [1.82, 2.24) is 0 Å². The molecule has 5 heteroatoms. The monoisotopic (exact) mass is 310 g/mol. The minimum Gasteiger partial charge on any atom is -0.378 e. The van der Waals surface area contributed by atoms with Crippen molar-refractivity contribution >= 4 is 19.7 Å². The zero-order chi connectivity index (χ0) is 14.6. The summed E-state index contributed by atoms with van der Waals surface area (Å²) >= 11 is 0. The van der Waals surface area contributed by atoms with Crippen LogP contribution in [0.15, 0.2) is 0 Å². The first-order valence-electron chi connectivity index (χ1n) is 7.23. The van der Waals surface area contributed by atoms with Gasteiger partial charge >= 0.3 is 0 Å². The average molecular weight is 311 g/mol. The highest BCUT2D eigenvalue weighted by atomic mass is 35.7. The van der Waals surface area contributed by atoms with Crippen LogP contribution < -0.4 is 0 Å². The molecule has 1 saturated carbocycles. The Morgan fingerprint density at radius 2 is 1.84 bits per heavy atom. The van der Waals surface area contributed by atoms with Gasteiger partial charge in [-0.1, -0.05) is 27.7 Å². The van der Waals surface area contributed by atoms with Crippen molar-refractivity contribution in [1.29, 1.82) is 0 Å². The second-order valence-corrected chi connectivity index (χ2v) is 9.25. The molecule has 0 bridgehead atoms. The van der Waals surface area contributed by atoms with Gasteiger partial charge in [0, 0.05) is 10.7 Å². The number of ether oxygens (including phenoxy) is 1. The molecule has 0 aromatic heterocycles. The van der Waals surface area contributed by atoms with E-state index in [-0.39, 0.29) is 23.7 Å². The topological polar surface area (TPSA) is 43.4 Å². The van der Waals surface area contributed by atoms with Crippen LogP contribution in [0.3, 0.4) is 0 Å². The third-order valence-electron chi connectivity index (χ3n) is 4.45. The van der Waals surface area contributed by atoms with Crippen molar-refractivity contribution in [3.63, 3.8) is 0 Å². The molecule has 114 valence electrons. The Labute approximate surface area is 122 Å². The van der Waals surface area contributed by atoms with Crippen LogP contribution in [0.2, 0.25) is 0 Å². The molecule has 0 aromatic rings. The van der Waals surface area contributed by atoms with Crippen molar-refractivity contribution < 1.29 is 13.2 Å². The zero-order valence-corrected chi connectivity index (χ0v) is 14.0. The summed E-state index contributed by atoms with van der Waals surface area (Å²) in [5.74, 6) is 1.70. The quantitative estimate of drug-likeness (QED) is 0.703. The van der Waals surface area contributed by atoms with E-state index in [2.05, 4.69) is 13.8 Å². The van der Waals surface area contributed by atoms with E-state index in [1.54, 1.807) is 0 Å². The highest BCUT2D eigenvalue weighted by Crippen LogP contribution is 2.31. The lowest BCUT2D eigenvalue weighted by atomic mass is 9.80. The van der Waals surface area contributed by atoms with Crippen LogP contribution in [0, 0.1) is 23.7 Å². The molecule has 0 radical (unpaired) electrons. The molecule has 0 aliphatic heterocycles. The minimum atomic E-state index is -3.45. The maximum absolute atomic E-state index is 11.2. The van der Waals surface area contributed by atoms with E-state index in [4.69, 9.17) is 15.4 Å². The molecule has 0 spiro atoms. The second kappa shape index (κ2) is 7.28. The number of hydrogen-bond donors (Lipinski definition) is 0. The number of hydrogen-bond acceptors (Lipinski definition) is 3. The number of halogens is 1. The minimum absolute atomic E-state index is 0.00486. The summed E-state index contributed by atoms with van der Waals surface area (Å²) in [7, 11) is 1.90. The van der Waals surface area contributed by atoms with Gasteiger partial charge in [-0.25, -0.2) is 8.42 Å². The molecular formula is C14H27ClO3S. The predicted octanol–water partition coefficient (Wildman–Crippen LogP) is 3.67. The molecule has 19 heavy (non-hydrogen) atoms. The van der Waals surface area contributed by atoms with Gasteiger partial charge in [0.25, 0.3) is 0 Å². The second-order valence-electron chi connectivity index (χ2n) is 6.43. The van der Waals surface area contributed by atoms with E-state index in [0.29, 0.717) is 12.5 Å². The summed E-state index contributed by atoms with van der Waals surface area (Å²) in [6.07, 6.45) is 3.65.